The summed E-state index contributed by atoms with van der Waals surface area (Å²) < 4.78 is 0. The summed E-state index contributed by atoms with van der Waals surface area (Å²) in [5.41, 5.74) is 2.61. The Morgan fingerprint density at radius 2 is 1.11 bits per heavy atom. The Bertz CT molecular complexity index is 227. The first-order valence-electron chi connectivity index (χ1n) is 8.12. The third kappa shape index (κ3) is 4.04. The van der Waals surface area contributed by atoms with Gasteiger partial charge in [-0.3, -0.25) is 0 Å². The molecule has 0 radical (unpaired) electrons. The second-order valence-corrected chi connectivity index (χ2v) is 7.00. The van der Waals surface area contributed by atoms with Gasteiger partial charge >= 0.3 is 0 Å². The molecule has 0 atom stereocenters. The molecule has 2 nitrogen and oxygen atoms in total. The molecule has 2 aliphatic heterocycles. The Morgan fingerprint density at radius 1 is 0.722 bits per heavy atom. The third-order valence-corrected chi connectivity index (χ3v) is 5.02. The highest BCUT2D eigenvalue weighted by Crippen LogP contribution is 2.21. The van der Waals surface area contributed by atoms with Crippen LogP contribution in [-0.4, -0.2) is 45.5 Å². The van der Waals surface area contributed by atoms with Crippen molar-refractivity contribution in [3.05, 3.63) is 11.5 Å². The Kier molecular flexibility index (Phi) is 6.11. The van der Waals surface area contributed by atoms with Crippen molar-refractivity contribution in [2.45, 2.75) is 57.9 Å². The van der Waals surface area contributed by atoms with E-state index in [1.54, 1.807) is 5.82 Å². The van der Waals surface area contributed by atoms with Crippen LogP contribution in [-0.2, 0) is 0 Å². The molecule has 2 heterocycles. The molecule has 2 rings (SSSR count). The smallest absolute Gasteiger partial charge is 0.0952 e. The largest absolute Gasteiger partial charge is 0.359 e. The molecule has 104 valence electrons. The van der Waals surface area contributed by atoms with Crippen LogP contribution in [0.25, 0.3) is 0 Å². The summed E-state index contributed by atoms with van der Waals surface area (Å²) in [6, 6.07) is 0. The van der Waals surface area contributed by atoms with E-state index in [-0.39, 0.29) is 9.52 Å². The molecular formula is C15H30N2Si. The van der Waals surface area contributed by atoms with Crippen LogP contribution < -0.4 is 0 Å². The van der Waals surface area contributed by atoms with Gasteiger partial charge in [-0.25, -0.2) is 0 Å². The summed E-state index contributed by atoms with van der Waals surface area (Å²) in [5.74, 6) is 1.62. The van der Waals surface area contributed by atoms with Crippen LogP contribution in [0.1, 0.15) is 51.4 Å². The average Bonchev–Trinajstić information content (AvgIpc) is 2.80. The summed E-state index contributed by atoms with van der Waals surface area (Å²) >= 11 is 0. The Labute approximate surface area is 115 Å². The van der Waals surface area contributed by atoms with Gasteiger partial charge in [-0.1, -0.05) is 37.9 Å². The molecule has 0 aliphatic carbocycles. The van der Waals surface area contributed by atoms with E-state index in [4.69, 9.17) is 0 Å². The van der Waals surface area contributed by atoms with Gasteiger partial charge in [0, 0.05) is 35.7 Å². The summed E-state index contributed by atoms with van der Waals surface area (Å²) in [7, 11) is 0.00851. The minimum Gasteiger partial charge on any atom is -0.359 e. The molecule has 0 amide bonds. The molecule has 2 saturated heterocycles. The van der Waals surface area contributed by atoms with Gasteiger partial charge in [0.25, 0.3) is 0 Å². The highest BCUT2D eigenvalue weighted by atomic mass is 28.2. The first-order chi connectivity index (χ1) is 8.92. The molecule has 0 spiro atoms. The van der Waals surface area contributed by atoms with Crippen molar-refractivity contribution < 1.29 is 0 Å². The van der Waals surface area contributed by atoms with Crippen LogP contribution in [0, 0.1) is 0 Å². The molecular weight excluding hydrogens is 236 g/mol. The maximum atomic E-state index is 2.70. The first kappa shape index (κ1) is 14.0. The van der Waals surface area contributed by atoms with Gasteiger partial charge < -0.3 is 9.80 Å². The van der Waals surface area contributed by atoms with Gasteiger partial charge in [-0.15, -0.1) is 0 Å². The summed E-state index contributed by atoms with van der Waals surface area (Å²) in [6.07, 6.45) is 11.3. The van der Waals surface area contributed by atoms with Crippen LogP contribution in [0.15, 0.2) is 11.5 Å². The lowest BCUT2D eigenvalue weighted by molar-refractivity contribution is 0.218. The zero-order valence-corrected chi connectivity index (χ0v) is 13.6. The summed E-state index contributed by atoms with van der Waals surface area (Å²) in [6.45, 7) is 7.62. The fourth-order valence-electron chi connectivity index (χ4n) is 3.24. The number of hydrogen-bond donors (Lipinski definition) is 0. The van der Waals surface area contributed by atoms with Gasteiger partial charge in [-0.05, 0) is 25.7 Å². The molecule has 0 aromatic carbocycles. The van der Waals surface area contributed by atoms with E-state index in [2.05, 4.69) is 22.0 Å². The number of likely N-dealkylation sites (tertiary alicyclic amines) is 2. The molecule has 0 aromatic heterocycles. The lowest BCUT2D eigenvalue weighted by Crippen LogP contribution is -2.37. The Balaban J connectivity index is 2.03. The average molecular weight is 267 g/mol. The maximum Gasteiger partial charge on any atom is 0.0952 e. The normalized spacial score (nSPS) is 22.9. The fraction of sp³-hybridized carbons (Fsp3) is 0.867. The van der Waals surface area contributed by atoms with Crippen LogP contribution in [0.4, 0.5) is 0 Å². The molecule has 3 heteroatoms. The molecule has 2 aliphatic rings. The summed E-state index contributed by atoms with van der Waals surface area (Å²) in [5, 5.41) is 0. The quantitative estimate of drug-likeness (QED) is 0.725. The molecule has 0 unspecified atom stereocenters. The predicted octanol–water partition coefficient (Wildman–Crippen LogP) is 2.75. The van der Waals surface area contributed by atoms with Crippen molar-refractivity contribution in [1.29, 1.82) is 0 Å². The van der Waals surface area contributed by atoms with Gasteiger partial charge in [0.15, 0.2) is 0 Å². The molecule has 0 bridgehead atoms. The molecule has 0 N–H and O–H groups in total. The van der Waals surface area contributed by atoms with Crippen LogP contribution in [0.5, 0.6) is 0 Å². The van der Waals surface area contributed by atoms with Gasteiger partial charge in [-0.2, -0.15) is 0 Å². The number of hydrogen-bond acceptors (Lipinski definition) is 2. The highest BCUT2D eigenvalue weighted by Gasteiger charge is 2.18. The topological polar surface area (TPSA) is 6.48 Å². The van der Waals surface area contributed by atoms with E-state index in [0.29, 0.717) is 0 Å². The van der Waals surface area contributed by atoms with E-state index in [0.717, 1.165) is 0 Å². The van der Waals surface area contributed by atoms with Crippen molar-refractivity contribution >= 4 is 9.52 Å². The third-order valence-electron chi connectivity index (χ3n) is 4.25. The second kappa shape index (κ2) is 7.88. The maximum absolute atomic E-state index is 2.70. The van der Waals surface area contributed by atoms with E-state index in [1.807, 2.05) is 0 Å². The van der Waals surface area contributed by atoms with E-state index >= 15 is 0 Å². The lowest BCUT2D eigenvalue weighted by atomic mass is 10.2. The summed E-state index contributed by atoms with van der Waals surface area (Å²) in [4.78, 5) is 5.41. The highest BCUT2D eigenvalue weighted by molar-refractivity contribution is 6.40. The molecule has 0 aromatic rings. The second-order valence-electron chi connectivity index (χ2n) is 5.77. The van der Waals surface area contributed by atoms with Gasteiger partial charge in [0.1, 0.15) is 0 Å². The lowest BCUT2D eigenvalue weighted by Gasteiger charge is -2.35. The minimum atomic E-state index is 0.00851. The van der Waals surface area contributed by atoms with Crippen molar-refractivity contribution in [2.24, 2.45) is 0 Å². The number of nitrogens with zero attached hydrogens (tertiary/aromatic N) is 2. The first-order valence-corrected chi connectivity index (χ1v) is 10.3. The standard InChI is InChI=1S/C15H30N2Si/c1-18-14-15(16-10-6-2-3-7-11-16)17-12-8-4-5-9-13-17/h14H,2-13,18H2,1H3. The molecule has 18 heavy (non-hydrogen) atoms. The van der Waals surface area contributed by atoms with Crippen LogP contribution >= 0.6 is 0 Å². The van der Waals surface area contributed by atoms with Crippen molar-refractivity contribution in [2.75, 3.05) is 26.2 Å². The minimum absolute atomic E-state index is 0.00851. The van der Waals surface area contributed by atoms with Gasteiger partial charge in [0.05, 0.1) is 5.82 Å². The van der Waals surface area contributed by atoms with E-state index in [1.165, 1.54) is 77.5 Å². The number of rotatable bonds is 3. The molecule has 0 saturated carbocycles. The Morgan fingerprint density at radius 3 is 1.44 bits per heavy atom. The van der Waals surface area contributed by atoms with Crippen molar-refractivity contribution in [1.82, 2.24) is 9.80 Å². The van der Waals surface area contributed by atoms with E-state index in [9.17, 15) is 0 Å². The Hall–Kier alpha value is -0.443. The zero-order chi connectivity index (χ0) is 12.6. The SMILES string of the molecule is C[SiH2]C=C(N1CCCCCC1)N1CCCCCC1. The van der Waals surface area contributed by atoms with Crippen molar-refractivity contribution in [3.63, 3.8) is 0 Å². The molecule has 2 fully saturated rings. The van der Waals surface area contributed by atoms with E-state index < -0.39 is 0 Å². The predicted molar refractivity (Wildman–Crippen MR) is 82.6 cm³/mol. The van der Waals surface area contributed by atoms with Crippen molar-refractivity contribution in [3.8, 4) is 0 Å². The van der Waals surface area contributed by atoms with Crippen LogP contribution in [0.2, 0.25) is 6.55 Å². The van der Waals surface area contributed by atoms with Crippen LogP contribution in [0.3, 0.4) is 0 Å². The monoisotopic (exact) mass is 266 g/mol. The zero-order valence-electron chi connectivity index (χ0n) is 12.2. The van der Waals surface area contributed by atoms with Gasteiger partial charge in [0.2, 0.25) is 0 Å². The fourth-order valence-corrected chi connectivity index (χ4v) is 4.12.